The molecule has 0 aromatic heterocycles. The molecule has 78 valence electrons. The van der Waals surface area contributed by atoms with Crippen LogP contribution in [0, 0.1) is 11.8 Å². The van der Waals surface area contributed by atoms with E-state index in [9.17, 15) is 4.79 Å². The van der Waals surface area contributed by atoms with Gasteiger partial charge in [0.05, 0.1) is 6.04 Å². The number of rotatable bonds is 0. The molecule has 0 aromatic rings. The fourth-order valence-electron chi connectivity index (χ4n) is 2.70. The monoisotopic (exact) mass is 202 g/mol. The van der Waals surface area contributed by atoms with Crippen LogP contribution in [-0.2, 0) is 4.79 Å². The van der Waals surface area contributed by atoms with Gasteiger partial charge in [0.2, 0.25) is 5.91 Å². The van der Waals surface area contributed by atoms with Crippen molar-refractivity contribution in [2.75, 3.05) is 6.54 Å². The van der Waals surface area contributed by atoms with E-state index in [1.165, 1.54) is 0 Å². The second-order valence-electron chi connectivity index (χ2n) is 4.30. The van der Waals surface area contributed by atoms with Crippen LogP contribution in [0.5, 0.6) is 0 Å². The molecule has 3 aliphatic rings. The van der Waals surface area contributed by atoms with Crippen LogP contribution in [0.2, 0.25) is 0 Å². The smallest absolute Gasteiger partial charge is 0.249 e. The minimum absolute atomic E-state index is 0.0911. The topological polar surface area (TPSA) is 41.1 Å². The van der Waals surface area contributed by atoms with Crippen molar-refractivity contribution >= 4 is 5.91 Å². The minimum atomic E-state index is 0.0911. The average molecular weight is 202 g/mol. The molecule has 2 N–H and O–H groups in total. The molecule has 1 aliphatic carbocycles. The predicted molar refractivity (Wildman–Crippen MR) is 57.9 cm³/mol. The molecule has 0 radical (unpaired) electrons. The highest BCUT2D eigenvalue weighted by Crippen LogP contribution is 2.35. The maximum absolute atomic E-state index is 11.8. The number of fused-ring (bicyclic) bond motifs is 3. The van der Waals surface area contributed by atoms with Crippen molar-refractivity contribution in [1.29, 1.82) is 0 Å². The van der Waals surface area contributed by atoms with Gasteiger partial charge in [0.25, 0.3) is 0 Å². The van der Waals surface area contributed by atoms with Gasteiger partial charge in [-0.1, -0.05) is 24.3 Å². The third-order valence-electron chi connectivity index (χ3n) is 3.46. The summed E-state index contributed by atoms with van der Waals surface area (Å²) >= 11 is 0. The summed E-state index contributed by atoms with van der Waals surface area (Å²) in [6, 6.07) is 0.197. The second-order valence-corrected chi connectivity index (χ2v) is 4.30. The zero-order valence-corrected chi connectivity index (χ0v) is 8.44. The molecule has 2 heterocycles. The highest BCUT2D eigenvalue weighted by atomic mass is 16.1. The lowest BCUT2D eigenvalue weighted by Crippen LogP contribution is -2.51. The molecule has 3 nitrogen and oxygen atoms in total. The maximum Gasteiger partial charge on any atom is 0.249 e. The van der Waals surface area contributed by atoms with Crippen LogP contribution in [0.25, 0.3) is 0 Å². The largest absolute Gasteiger partial charge is 0.390 e. The Labute approximate surface area is 88.9 Å². The first-order valence-corrected chi connectivity index (χ1v) is 5.45. The number of nitrogens with one attached hydrogen (secondary N) is 2. The lowest BCUT2D eigenvalue weighted by atomic mass is 9.73. The highest BCUT2D eigenvalue weighted by molar-refractivity contribution is 5.95. The van der Waals surface area contributed by atoms with E-state index in [4.69, 9.17) is 0 Å². The maximum atomic E-state index is 11.8. The Morgan fingerprint density at radius 1 is 1.27 bits per heavy atom. The van der Waals surface area contributed by atoms with Gasteiger partial charge in [0, 0.05) is 30.2 Å². The van der Waals surface area contributed by atoms with E-state index >= 15 is 0 Å². The number of hydrogen-bond donors (Lipinski definition) is 2. The van der Waals surface area contributed by atoms with Gasteiger partial charge >= 0.3 is 0 Å². The van der Waals surface area contributed by atoms with Crippen molar-refractivity contribution in [3.05, 3.63) is 36.1 Å². The van der Waals surface area contributed by atoms with Gasteiger partial charge in [-0.25, -0.2) is 0 Å². The van der Waals surface area contributed by atoms with Gasteiger partial charge in [-0.05, 0) is 6.42 Å². The summed E-state index contributed by atoms with van der Waals surface area (Å²) in [4.78, 5) is 11.8. The highest BCUT2D eigenvalue weighted by Gasteiger charge is 2.39. The van der Waals surface area contributed by atoms with Crippen molar-refractivity contribution < 1.29 is 4.79 Å². The zero-order valence-electron chi connectivity index (χ0n) is 8.44. The fraction of sp³-hybridized carbons (Fsp3) is 0.417. The zero-order chi connectivity index (χ0) is 10.3. The van der Waals surface area contributed by atoms with Gasteiger partial charge < -0.3 is 10.6 Å². The molecule has 0 spiro atoms. The van der Waals surface area contributed by atoms with E-state index in [2.05, 4.69) is 28.9 Å². The van der Waals surface area contributed by atoms with Gasteiger partial charge in [-0.3, -0.25) is 4.79 Å². The van der Waals surface area contributed by atoms with Crippen molar-refractivity contribution in [3.8, 4) is 0 Å². The van der Waals surface area contributed by atoms with Crippen molar-refractivity contribution in [2.45, 2.75) is 12.5 Å². The Balaban J connectivity index is 1.97. The van der Waals surface area contributed by atoms with Crippen molar-refractivity contribution in [1.82, 2.24) is 10.6 Å². The van der Waals surface area contributed by atoms with Crippen LogP contribution in [-0.4, -0.2) is 18.5 Å². The first kappa shape index (κ1) is 8.77. The van der Waals surface area contributed by atoms with Crippen LogP contribution < -0.4 is 10.6 Å². The molecular formula is C12H14N2O. The summed E-state index contributed by atoms with van der Waals surface area (Å²) in [5.74, 6) is 0.931. The van der Waals surface area contributed by atoms with Crippen LogP contribution in [0.15, 0.2) is 36.1 Å². The number of hydrogen-bond acceptors (Lipinski definition) is 2. The summed E-state index contributed by atoms with van der Waals surface area (Å²) < 4.78 is 0. The standard InChI is InChI=1S/C12H14N2O/c15-12-10-7-13-6-5-8(10)9-3-1-2-4-11(9)14-12/h1-4,7-9,11,13H,5-6H2,(H,14,15). The average Bonchev–Trinajstić information content (AvgIpc) is 2.30. The van der Waals surface area contributed by atoms with Crippen LogP contribution in [0.4, 0.5) is 0 Å². The molecule has 0 bridgehead atoms. The van der Waals surface area contributed by atoms with E-state index in [1.54, 1.807) is 0 Å². The van der Waals surface area contributed by atoms with E-state index in [1.807, 2.05) is 12.3 Å². The van der Waals surface area contributed by atoms with E-state index in [-0.39, 0.29) is 11.9 Å². The number of carbonyl (C=O) groups excluding carboxylic acids is 1. The molecule has 1 amide bonds. The number of allylic oxidation sites excluding steroid dienone is 2. The fourth-order valence-corrected chi connectivity index (χ4v) is 2.70. The SMILES string of the molecule is O=C1NC2C=CC=CC2C2CCNC=C12. The molecule has 1 saturated heterocycles. The number of amides is 1. The second kappa shape index (κ2) is 3.26. The van der Waals surface area contributed by atoms with Gasteiger partial charge in [-0.15, -0.1) is 0 Å². The Hall–Kier alpha value is -1.51. The van der Waals surface area contributed by atoms with E-state index < -0.39 is 0 Å². The Morgan fingerprint density at radius 3 is 3.07 bits per heavy atom. The van der Waals surface area contributed by atoms with Crippen LogP contribution >= 0.6 is 0 Å². The lowest BCUT2D eigenvalue weighted by Gasteiger charge is -2.40. The molecule has 3 rings (SSSR count). The van der Waals surface area contributed by atoms with Crippen LogP contribution in [0.3, 0.4) is 0 Å². The molecule has 2 aliphatic heterocycles. The minimum Gasteiger partial charge on any atom is -0.390 e. The summed E-state index contributed by atoms with van der Waals surface area (Å²) in [5.41, 5.74) is 0.919. The number of carbonyl (C=O) groups is 1. The first-order chi connectivity index (χ1) is 7.36. The molecule has 1 fully saturated rings. The lowest BCUT2D eigenvalue weighted by molar-refractivity contribution is -0.120. The van der Waals surface area contributed by atoms with Crippen molar-refractivity contribution in [2.24, 2.45) is 11.8 Å². The Morgan fingerprint density at radius 2 is 2.13 bits per heavy atom. The number of piperidine rings is 1. The molecular weight excluding hydrogens is 188 g/mol. The Bertz CT molecular complexity index is 381. The summed E-state index contributed by atoms with van der Waals surface area (Å²) in [6.07, 6.45) is 11.3. The van der Waals surface area contributed by atoms with E-state index in [0.29, 0.717) is 11.8 Å². The molecule has 3 atom stereocenters. The predicted octanol–water partition coefficient (Wildman–Crippen LogP) is 0.720. The molecule has 15 heavy (non-hydrogen) atoms. The summed E-state index contributed by atoms with van der Waals surface area (Å²) in [6.45, 7) is 0.974. The summed E-state index contributed by atoms with van der Waals surface area (Å²) in [7, 11) is 0. The molecule has 0 aromatic carbocycles. The van der Waals surface area contributed by atoms with Crippen molar-refractivity contribution in [3.63, 3.8) is 0 Å². The molecule has 0 saturated carbocycles. The summed E-state index contributed by atoms with van der Waals surface area (Å²) in [5, 5.41) is 6.18. The third kappa shape index (κ3) is 1.30. The normalized spacial score (nSPS) is 37.2. The quantitative estimate of drug-likeness (QED) is 0.607. The van der Waals surface area contributed by atoms with Gasteiger partial charge in [-0.2, -0.15) is 0 Å². The van der Waals surface area contributed by atoms with Gasteiger partial charge in [0.1, 0.15) is 0 Å². The Kier molecular flexibility index (Phi) is 1.91. The van der Waals surface area contributed by atoms with Gasteiger partial charge in [0.15, 0.2) is 0 Å². The molecule has 3 heteroatoms. The van der Waals surface area contributed by atoms with Crippen LogP contribution in [0.1, 0.15) is 6.42 Å². The van der Waals surface area contributed by atoms with E-state index in [0.717, 1.165) is 18.5 Å². The first-order valence-electron chi connectivity index (χ1n) is 5.45. The molecule has 3 unspecified atom stereocenters. The third-order valence-corrected chi connectivity index (χ3v) is 3.46.